The van der Waals surface area contributed by atoms with Gasteiger partial charge in [-0.25, -0.2) is 4.79 Å². The number of benzene rings is 2. The highest BCUT2D eigenvalue weighted by Crippen LogP contribution is 2.53. The van der Waals surface area contributed by atoms with Crippen LogP contribution < -0.4 is 0 Å². The largest absolute Gasteiger partial charge is 0.478 e. The van der Waals surface area contributed by atoms with Crippen molar-refractivity contribution >= 4 is 37.8 Å². The van der Waals surface area contributed by atoms with E-state index in [1.54, 1.807) is 12.1 Å². The van der Waals surface area contributed by atoms with Gasteiger partial charge < -0.3 is 5.11 Å². The third-order valence-electron chi connectivity index (χ3n) is 3.41. The van der Waals surface area contributed by atoms with Crippen molar-refractivity contribution in [2.75, 3.05) is 0 Å². The molecule has 19 heavy (non-hydrogen) atoms. The fraction of sp³-hybridized carbons (Fsp3) is 0.133. The molecule has 0 saturated heterocycles. The first-order valence-corrected chi connectivity index (χ1v) is 7.68. The Morgan fingerprint density at radius 3 is 2.32 bits per heavy atom. The summed E-state index contributed by atoms with van der Waals surface area (Å²) in [6.45, 7) is 0. The first-order valence-electron chi connectivity index (χ1n) is 5.85. The van der Waals surface area contributed by atoms with Crippen LogP contribution in [0, 0.1) is 0 Å². The third kappa shape index (κ3) is 1.94. The summed E-state index contributed by atoms with van der Waals surface area (Å²) in [4.78, 5) is 11.6. The first-order chi connectivity index (χ1) is 9.11. The minimum absolute atomic E-state index is 0.0664. The molecule has 0 bridgehead atoms. The molecule has 0 aliphatic heterocycles. The van der Waals surface area contributed by atoms with E-state index in [0.29, 0.717) is 5.56 Å². The standard InChI is InChI=1S/C15H10Br2O2/c16-13-9-5-2-1-4-8(9)12-10(14(13)17)6-3-7-11(12)15(18)19/h1-7,13-14H,(H,18,19)/t13-,14-/m1/s1. The predicted octanol–water partition coefficient (Wildman–Crippen LogP) is 4.94. The lowest BCUT2D eigenvalue weighted by Crippen LogP contribution is -2.12. The van der Waals surface area contributed by atoms with E-state index >= 15 is 0 Å². The number of alkyl halides is 2. The molecule has 2 aromatic rings. The van der Waals surface area contributed by atoms with Crippen LogP contribution in [0.2, 0.25) is 0 Å². The SMILES string of the molecule is O=C(O)c1cccc2c1-c1ccccc1[C@@H](Br)[C@@H]2Br. The van der Waals surface area contributed by atoms with Crippen LogP contribution in [0.5, 0.6) is 0 Å². The Hall–Kier alpha value is -1.13. The molecule has 0 aromatic heterocycles. The number of halogens is 2. The molecule has 3 rings (SSSR count). The van der Waals surface area contributed by atoms with E-state index in [4.69, 9.17) is 0 Å². The molecule has 2 atom stereocenters. The number of carboxylic acids is 1. The molecule has 0 fully saturated rings. The van der Waals surface area contributed by atoms with E-state index in [-0.39, 0.29) is 9.65 Å². The number of carboxylic acid groups (broad SMARTS) is 1. The summed E-state index contributed by atoms with van der Waals surface area (Å²) in [5.41, 5.74) is 4.30. The molecular weight excluding hydrogens is 372 g/mol. The monoisotopic (exact) mass is 380 g/mol. The van der Waals surface area contributed by atoms with Gasteiger partial charge in [-0.05, 0) is 22.8 Å². The van der Waals surface area contributed by atoms with Crippen molar-refractivity contribution in [2.24, 2.45) is 0 Å². The van der Waals surface area contributed by atoms with E-state index in [0.717, 1.165) is 22.3 Å². The molecule has 1 aliphatic carbocycles. The second-order valence-electron chi connectivity index (χ2n) is 4.47. The molecule has 0 unspecified atom stereocenters. The Labute approximate surface area is 127 Å². The van der Waals surface area contributed by atoms with Gasteiger partial charge in [-0.3, -0.25) is 0 Å². The topological polar surface area (TPSA) is 37.3 Å². The number of fused-ring (bicyclic) bond motifs is 3. The lowest BCUT2D eigenvalue weighted by Gasteiger charge is -2.29. The van der Waals surface area contributed by atoms with Crippen LogP contribution in [-0.4, -0.2) is 11.1 Å². The Balaban J connectivity index is 2.38. The van der Waals surface area contributed by atoms with Crippen LogP contribution in [0.25, 0.3) is 11.1 Å². The minimum Gasteiger partial charge on any atom is -0.478 e. The number of carbonyl (C=O) groups is 1. The second kappa shape index (κ2) is 4.76. The van der Waals surface area contributed by atoms with Crippen LogP contribution in [0.3, 0.4) is 0 Å². The van der Waals surface area contributed by atoms with E-state index in [1.165, 1.54) is 0 Å². The van der Waals surface area contributed by atoms with Gasteiger partial charge in [-0.1, -0.05) is 68.3 Å². The second-order valence-corrected chi connectivity index (χ2v) is 6.44. The van der Waals surface area contributed by atoms with Gasteiger partial charge in [-0.2, -0.15) is 0 Å². The first kappa shape index (κ1) is 12.9. The summed E-state index contributed by atoms with van der Waals surface area (Å²) in [5, 5.41) is 9.39. The van der Waals surface area contributed by atoms with Crippen molar-refractivity contribution in [3.63, 3.8) is 0 Å². The van der Waals surface area contributed by atoms with E-state index < -0.39 is 5.97 Å². The van der Waals surface area contributed by atoms with Gasteiger partial charge >= 0.3 is 5.97 Å². The maximum atomic E-state index is 11.4. The van der Waals surface area contributed by atoms with E-state index in [2.05, 4.69) is 31.9 Å². The van der Waals surface area contributed by atoms with Gasteiger partial charge in [0.15, 0.2) is 0 Å². The van der Waals surface area contributed by atoms with Crippen molar-refractivity contribution in [3.05, 3.63) is 59.2 Å². The van der Waals surface area contributed by atoms with Crippen LogP contribution >= 0.6 is 31.9 Å². The Morgan fingerprint density at radius 1 is 0.947 bits per heavy atom. The van der Waals surface area contributed by atoms with Crippen molar-refractivity contribution in [2.45, 2.75) is 9.65 Å². The average Bonchev–Trinajstić information content (AvgIpc) is 2.44. The van der Waals surface area contributed by atoms with E-state index in [1.807, 2.05) is 30.3 Å². The van der Waals surface area contributed by atoms with Gasteiger partial charge in [-0.15, -0.1) is 0 Å². The summed E-state index contributed by atoms with van der Waals surface area (Å²) in [7, 11) is 0. The third-order valence-corrected chi connectivity index (χ3v) is 6.16. The Bertz CT molecular complexity index is 667. The maximum absolute atomic E-state index is 11.4. The fourth-order valence-corrected chi connectivity index (χ4v) is 3.91. The number of hydrogen-bond acceptors (Lipinski definition) is 1. The highest BCUT2D eigenvalue weighted by atomic mass is 79.9. The van der Waals surface area contributed by atoms with Gasteiger partial charge in [0.25, 0.3) is 0 Å². The summed E-state index contributed by atoms with van der Waals surface area (Å²) < 4.78 is 0. The van der Waals surface area contributed by atoms with Crippen LogP contribution in [0.15, 0.2) is 42.5 Å². The lowest BCUT2D eigenvalue weighted by atomic mass is 9.83. The van der Waals surface area contributed by atoms with Crippen LogP contribution in [0.4, 0.5) is 0 Å². The zero-order chi connectivity index (χ0) is 13.6. The average molecular weight is 382 g/mol. The zero-order valence-corrected chi connectivity index (χ0v) is 13.0. The van der Waals surface area contributed by atoms with Gasteiger partial charge in [0.1, 0.15) is 0 Å². The Kier molecular flexibility index (Phi) is 3.23. The highest BCUT2D eigenvalue weighted by Gasteiger charge is 2.32. The van der Waals surface area contributed by atoms with Crippen molar-refractivity contribution < 1.29 is 9.90 Å². The summed E-state index contributed by atoms with van der Waals surface area (Å²) in [5.74, 6) is -0.889. The Morgan fingerprint density at radius 2 is 1.58 bits per heavy atom. The highest BCUT2D eigenvalue weighted by molar-refractivity contribution is 9.12. The van der Waals surface area contributed by atoms with Crippen LogP contribution in [-0.2, 0) is 0 Å². The molecule has 0 amide bonds. The molecule has 1 N–H and O–H groups in total. The molecular formula is C15H10Br2O2. The molecule has 0 heterocycles. The predicted molar refractivity (Wildman–Crippen MR) is 82.2 cm³/mol. The normalized spacial score (nSPS) is 20.5. The fourth-order valence-electron chi connectivity index (χ4n) is 2.56. The van der Waals surface area contributed by atoms with Crippen molar-refractivity contribution in [1.29, 1.82) is 0 Å². The molecule has 1 aliphatic rings. The molecule has 96 valence electrons. The summed E-state index contributed by atoms with van der Waals surface area (Å²) in [6.07, 6.45) is 0. The lowest BCUT2D eigenvalue weighted by molar-refractivity contribution is 0.0697. The molecule has 0 spiro atoms. The summed E-state index contributed by atoms with van der Waals surface area (Å²) >= 11 is 7.36. The maximum Gasteiger partial charge on any atom is 0.336 e. The molecule has 4 heteroatoms. The molecule has 0 saturated carbocycles. The van der Waals surface area contributed by atoms with Gasteiger partial charge in [0, 0.05) is 5.56 Å². The quantitative estimate of drug-likeness (QED) is 0.710. The minimum atomic E-state index is -0.889. The zero-order valence-electron chi connectivity index (χ0n) is 9.81. The number of hydrogen-bond donors (Lipinski definition) is 1. The molecule has 2 aromatic carbocycles. The molecule has 0 radical (unpaired) electrons. The van der Waals surface area contributed by atoms with Gasteiger partial charge in [0.2, 0.25) is 0 Å². The smallest absolute Gasteiger partial charge is 0.336 e. The van der Waals surface area contributed by atoms with E-state index in [9.17, 15) is 9.90 Å². The number of aromatic carboxylic acids is 1. The summed E-state index contributed by atoms with van der Waals surface area (Å²) in [6, 6.07) is 13.4. The van der Waals surface area contributed by atoms with Gasteiger partial charge in [0.05, 0.1) is 15.2 Å². The van der Waals surface area contributed by atoms with Crippen molar-refractivity contribution in [3.8, 4) is 11.1 Å². The molecule has 2 nitrogen and oxygen atoms in total. The number of rotatable bonds is 1. The van der Waals surface area contributed by atoms with Crippen molar-refractivity contribution in [1.82, 2.24) is 0 Å². The van der Waals surface area contributed by atoms with Crippen LogP contribution in [0.1, 0.15) is 31.1 Å².